The van der Waals surface area contributed by atoms with Gasteiger partial charge in [-0.2, -0.15) is 0 Å². The number of benzene rings is 1. The van der Waals surface area contributed by atoms with E-state index in [0.717, 1.165) is 16.5 Å². The molecular weight excluding hydrogens is 238 g/mol. The molecule has 1 aromatic heterocycles. The first-order valence-corrected chi connectivity index (χ1v) is 6.29. The number of rotatable bonds is 3. The molecule has 0 aliphatic heterocycles. The molecule has 0 fully saturated rings. The number of hydrogen-bond acceptors (Lipinski definition) is 3. The molecule has 0 unspecified atom stereocenters. The highest BCUT2D eigenvalue weighted by molar-refractivity contribution is 5.98. The van der Waals surface area contributed by atoms with Gasteiger partial charge in [0, 0.05) is 5.39 Å². The van der Waals surface area contributed by atoms with E-state index in [2.05, 4.69) is 4.98 Å². The second-order valence-electron chi connectivity index (χ2n) is 4.38. The Morgan fingerprint density at radius 1 is 1.32 bits per heavy atom. The molecule has 2 rings (SSSR count). The molecule has 0 N–H and O–H groups in total. The summed E-state index contributed by atoms with van der Waals surface area (Å²) in [6.07, 6.45) is 3.66. The highest BCUT2D eigenvalue weighted by atomic mass is 16.5. The Kier molecular flexibility index (Phi) is 3.95. The van der Waals surface area contributed by atoms with Crippen molar-refractivity contribution in [3.63, 3.8) is 0 Å². The van der Waals surface area contributed by atoms with Gasteiger partial charge in [0.15, 0.2) is 0 Å². The molecule has 1 aromatic carbocycles. The summed E-state index contributed by atoms with van der Waals surface area (Å²) in [5, 5.41) is 0.992. The van der Waals surface area contributed by atoms with Crippen molar-refractivity contribution in [2.24, 2.45) is 0 Å². The number of allylic oxidation sites excluding steroid dienone is 1. The first kappa shape index (κ1) is 13.3. The van der Waals surface area contributed by atoms with E-state index in [4.69, 9.17) is 4.74 Å². The van der Waals surface area contributed by atoms with Crippen LogP contribution in [0.2, 0.25) is 0 Å². The predicted molar refractivity (Wildman–Crippen MR) is 76.3 cm³/mol. The molecule has 98 valence electrons. The number of para-hydroxylation sites is 1. The van der Waals surface area contributed by atoms with E-state index in [-0.39, 0.29) is 5.97 Å². The summed E-state index contributed by atoms with van der Waals surface area (Å²) >= 11 is 0. The fourth-order valence-electron chi connectivity index (χ4n) is 2.12. The van der Waals surface area contributed by atoms with Crippen LogP contribution < -0.4 is 0 Å². The molecule has 19 heavy (non-hydrogen) atoms. The number of nitrogens with zero attached hydrogens (tertiary/aromatic N) is 1. The van der Waals surface area contributed by atoms with Crippen LogP contribution in [0, 0.1) is 13.8 Å². The maximum atomic E-state index is 12.1. The smallest absolute Gasteiger partial charge is 0.340 e. The van der Waals surface area contributed by atoms with E-state index in [1.54, 1.807) is 6.08 Å². The third-order valence-electron chi connectivity index (χ3n) is 3.08. The lowest BCUT2D eigenvalue weighted by Crippen LogP contribution is -2.11. The first-order valence-electron chi connectivity index (χ1n) is 6.29. The molecule has 0 spiro atoms. The van der Waals surface area contributed by atoms with E-state index in [1.165, 1.54) is 0 Å². The van der Waals surface area contributed by atoms with Gasteiger partial charge in [-0.05, 0) is 32.4 Å². The van der Waals surface area contributed by atoms with Crippen molar-refractivity contribution < 1.29 is 9.53 Å². The number of hydrogen-bond donors (Lipinski definition) is 0. The van der Waals surface area contributed by atoms with Crippen molar-refractivity contribution >= 4 is 16.9 Å². The standard InChI is InChI=1S/C16H17NO2/c1-4-5-10-19-16(18)15-11(2)13-8-6-7-9-14(13)17-12(15)3/h4-9H,10H2,1-3H3/b5-4+. The Balaban J connectivity index is 2.45. The number of pyridine rings is 1. The molecule has 1 heterocycles. The van der Waals surface area contributed by atoms with Crippen LogP contribution >= 0.6 is 0 Å². The Morgan fingerprint density at radius 3 is 2.79 bits per heavy atom. The van der Waals surface area contributed by atoms with E-state index in [9.17, 15) is 4.79 Å². The summed E-state index contributed by atoms with van der Waals surface area (Å²) in [6, 6.07) is 7.81. The van der Waals surface area contributed by atoms with E-state index in [1.807, 2.05) is 51.1 Å². The molecule has 3 heteroatoms. The van der Waals surface area contributed by atoms with Crippen molar-refractivity contribution in [3.8, 4) is 0 Å². The van der Waals surface area contributed by atoms with E-state index < -0.39 is 0 Å². The monoisotopic (exact) mass is 255 g/mol. The van der Waals surface area contributed by atoms with Crippen LogP contribution in [-0.2, 0) is 4.74 Å². The quantitative estimate of drug-likeness (QED) is 0.621. The van der Waals surface area contributed by atoms with E-state index in [0.29, 0.717) is 17.9 Å². The largest absolute Gasteiger partial charge is 0.458 e. The Labute approximate surface area is 112 Å². The van der Waals surface area contributed by atoms with Crippen molar-refractivity contribution in [1.29, 1.82) is 0 Å². The van der Waals surface area contributed by atoms with Gasteiger partial charge < -0.3 is 4.74 Å². The number of carbonyl (C=O) groups excluding carboxylic acids is 1. The van der Waals surface area contributed by atoms with Crippen LogP contribution in [0.25, 0.3) is 10.9 Å². The molecule has 0 atom stereocenters. The van der Waals surface area contributed by atoms with Crippen molar-refractivity contribution in [1.82, 2.24) is 4.98 Å². The first-order chi connectivity index (χ1) is 9.15. The van der Waals surface area contributed by atoms with Crippen LogP contribution in [0.5, 0.6) is 0 Å². The molecule has 2 aromatic rings. The maximum Gasteiger partial charge on any atom is 0.340 e. The van der Waals surface area contributed by atoms with Gasteiger partial charge in [0.1, 0.15) is 6.61 Å². The van der Waals surface area contributed by atoms with Gasteiger partial charge in [-0.1, -0.05) is 30.4 Å². The number of aromatic nitrogens is 1. The van der Waals surface area contributed by atoms with Crippen LogP contribution in [0.1, 0.15) is 28.5 Å². The Hall–Kier alpha value is -2.16. The van der Waals surface area contributed by atoms with Crippen LogP contribution in [-0.4, -0.2) is 17.6 Å². The predicted octanol–water partition coefficient (Wildman–Crippen LogP) is 3.58. The summed E-state index contributed by atoms with van der Waals surface area (Å²) in [5.41, 5.74) is 3.11. The second kappa shape index (κ2) is 5.65. The number of carbonyl (C=O) groups is 1. The fraction of sp³-hybridized carbons (Fsp3) is 0.250. The maximum absolute atomic E-state index is 12.1. The molecule has 0 aliphatic carbocycles. The fourth-order valence-corrected chi connectivity index (χ4v) is 2.12. The summed E-state index contributed by atoms with van der Waals surface area (Å²) in [5.74, 6) is -0.314. The third kappa shape index (κ3) is 2.65. The minimum Gasteiger partial charge on any atom is -0.458 e. The summed E-state index contributed by atoms with van der Waals surface area (Å²) < 4.78 is 5.21. The zero-order valence-electron chi connectivity index (χ0n) is 11.4. The van der Waals surface area contributed by atoms with Gasteiger partial charge >= 0.3 is 5.97 Å². The van der Waals surface area contributed by atoms with Gasteiger partial charge in [0.05, 0.1) is 16.8 Å². The summed E-state index contributed by atoms with van der Waals surface area (Å²) in [7, 11) is 0. The lowest BCUT2D eigenvalue weighted by molar-refractivity contribution is 0.0547. The highest BCUT2D eigenvalue weighted by Crippen LogP contribution is 2.23. The van der Waals surface area contributed by atoms with Crippen LogP contribution in [0.15, 0.2) is 36.4 Å². The van der Waals surface area contributed by atoms with Crippen LogP contribution in [0.3, 0.4) is 0 Å². The molecule has 0 aliphatic rings. The zero-order chi connectivity index (χ0) is 13.8. The minimum absolute atomic E-state index is 0.293. The normalized spacial score (nSPS) is 11.1. The molecule has 0 saturated carbocycles. The van der Waals surface area contributed by atoms with Gasteiger partial charge in [-0.15, -0.1) is 0 Å². The molecule has 0 bridgehead atoms. The van der Waals surface area contributed by atoms with Crippen molar-refractivity contribution in [3.05, 3.63) is 53.2 Å². The molecule has 0 saturated heterocycles. The second-order valence-corrected chi connectivity index (χ2v) is 4.38. The van der Waals surface area contributed by atoms with Gasteiger partial charge in [-0.3, -0.25) is 4.98 Å². The molecule has 0 radical (unpaired) electrons. The highest BCUT2D eigenvalue weighted by Gasteiger charge is 2.16. The van der Waals surface area contributed by atoms with Crippen molar-refractivity contribution in [2.45, 2.75) is 20.8 Å². The van der Waals surface area contributed by atoms with Gasteiger partial charge in [0.2, 0.25) is 0 Å². The van der Waals surface area contributed by atoms with Crippen LogP contribution in [0.4, 0.5) is 0 Å². The molecule has 3 nitrogen and oxygen atoms in total. The lowest BCUT2D eigenvalue weighted by atomic mass is 10.0. The van der Waals surface area contributed by atoms with E-state index >= 15 is 0 Å². The molecule has 0 amide bonds. The Bertz CT molecular complexity index is 644. The van der Waals surface area contributed by atoms with Gasteiger partial charge in [-0.25, -0.2) is 4.79 Å². The SMILES string of the molecule is C/C=C/COC(=O)c1c(C)nc2ccccc2c1C. The van der Waals surface area contributed by atoms with Crippen molar-refractivity contribution in [2.75, 3.05) is 6.61 Å². The Morgan fingerprint density at radius 2 is 2.05 bits per heavy atom. The number of aryl methyl sites for hydroxylation is 2. The zero-order valence-corrected chi connectivity index (χ0v) is 11.4. The minimum atomic E-state index is -0.314. The number of esters is 1. The average Bonchev–Trinajstić information content (AvgIpc) is 2.39. The number of fused-ring (bicyclic) bond motifs is 1. The molecular formula is C16H17NO2. The average molecular weight is 255 g/mol. The topological polar surface area (TPSA) is 39.2 Å². The van der Waals surface area contributed by atoms with Gasteiger partial charge in [0.25, 0.3) is 0 Å². The summed E-state index contributed by atoms with van der Waals surface area (Å²) in [6.45, 7) is 5.96. The summed E-state index contributed by atoms with van der Waals surface area (Å²) in [4.78, 5) is 16.6. The third-order valence-corrected chi connectivity index (χ3v) is 3.08. The lowest BCUT2D eigenvalue weighted by Gasteiger charge is -2.11. The number of ether oxygens (including phenoxy) is 1.